The fourth-order valence-electron chi connectivity index (χ4n) is 2.43. The van der Waals surface area contributed by atoms with Crippen LogP contribution in [0.5, 0.6) is 0 Å². The highest BCUT2D eigenvalue weighted by atomic mass is 31.2. The van der Waals surface area contributed by atoms with E-state index in [0.717, 1.165) is 38.5 Å². The molecule has 2 unspecified atom stereocenters. The molecule has 0 saturated heterocycles. The molecule has 0 fully saturated rings. The molecule has 0 aliphatic carbocycles. The van der Waals surface area contributed by atoms with Crippen LogP contribution in [-0.4, -0.2) is 22.6 Å². The minimum atomic E-state index is -3.15. The van der Waals surface area contributed by atoms with E-state index >= 15 is 0 Å². The Balaban J connectivity index is 4.13. The van der Waals surface area contributed by atoms with E-state index in [1.807, 2.05) is 0 Å². The largest absolute Gasteiger partial charge is 0.406 e. The normalized spacial score (nSPS) is 15.3. The lowest BCUT2D eigenvalue weighted by atomic mass is 10.0. The summed E-state index contributed by atoms with van der Waals surface area (Å²) in [5, 5.41) is 0. The van der Waals surface area contributed by atoms with Crippen LogP contribution in [-0.2, 0) is 4.52 Å². The zero-order chi connectivity index (χ0) is 15.4. The number of hydrogen-bond donors (Lipinski definition) is 2. The van der Waals surface area contributed by atoms with Crippen molar-refractivity contribution in [3.63, 3.8) is 0 Å². The number of rotatable bonds is 13. The van der Waals surface area contributed by atoms with Gasteiger partial charge >= 0.3 is 7.94 Å². The van der Waals surface area contributed by atoms with E-state index in [-0.39, 0.29) is 0 Å². The summed E-state index contributed by atoms with van der Waals surface area (Å²) < 4.78 is 5.51. The molecular formula is C16H36O3P+. The fraction of sp³-hybridized carbons (Fsp3) is 1.00. The first-order chi connectivity index (χ1) is 9.49. The maximum Gasteiger partial charge on any atom is 0.406 e. The second-order valence-corrected chi connectivity index (χ2v) is 7.93. The Morgan fingerprint density at radius 2 is 1.35 bits per heavy atom. The Kier molecular flexibility index (Phi) is 12.1. The van der Waals surface area contributed by atoms with Gasteiger partial charge in [0.2, 0.25) is 0 Å². The summed E-state index contributed by atoms with van der Waals surface area (Å²) in [5.41, 5.74) is 0. The van der Waals surface area contributed by atoms with Gasteiger partial charge in [-0.2, -0.15) is 14.3 Å². The van der Waals surface area contributed by atoms with Gasteiger partial charge in [-0.3, -0.25) is 0 Å². The maximum atomic E-state index is 10.1. The van der Waals surface area contributed by atoms with Gasteiger partial charge in [0.15, 0.2) is 0 Å². The summed E-state index contributed by atoms with van der Waals surface area (Å²) in [6.45, 7) is 9.12. The Morgan fingerprint density at radius 3 is 1.80 bits per heavy atom. The highest BCUT2D eigenvalue weighted by Gasteiger charge is 2.38. The van der Waals surface area contributed by atoms with Crippen LogP contribution in [0.3, 0.4) is 0 Å². The summed E-state index contributed by atoms with van der Waals surface area (Å²) in [7, 11) is -3.15. The van der Waals surface area contributed by atoms with Crippen LogP contribution in [0.2, 0.25) is 0 Å². The molecule has 2 N–H and O–H groups in total. The third-order valence-corrected chi connectivity index (χ3v) is 5.65. The first kappa shape index (κ1) is 20.3. The highest BCUT2D eigenvalue weighted by molar-refractivity contribution is 7.59. The van der Waals surface area contributed by atoms with Crippen LogP contribution in [0, 0.1) is 11.8 Å². The smallest absolute Gasteiger partial charge is 0.193 e. The lowest BCUT2D eigenvalue weighted by Gasteiger charge is -2.20. The van der Waals surface area contributed by atoms with Gasteiger partial charge in [0.05, 0.1) is 0 Å². The summed E-state index contributed by atoms with van der Waals surface area (Å²) in [5.74, 6) is 0.846. The van der Waals surface area contributed by atoms with Crippen molar-refractivity contribution in [1.29, 1.82) is 0 Å². The molecule has 4 heteroatoms. The van der Waals surface area contributed by atoms with Crippen LogP contribution in [0.15, 0.2) is 0 Å². The van der Waals surface area contributed by atoms with Crippen molar-refractivity contribution >= 4 is 7.94 Å². The van der Waals surface area contributed by atoms with Gasteiger partial charge in [0.25, 0.3) is 0 Å². The van der Waals surface area contributed by atoms with Crippen molar-refractivity contribution < 1.29 is 14.3 Å². The maximum absolute atomic E-state index is 10.1. The van der Waals surface area contributed by atoms with Crippen LogP contribution in [0.1, 0.15) is 79.1 Å². The molecule has 20 heavy (non-hydrogen) atoms. The van der Waals surface area contributed by atoms with Crippen LogP contribution < -0.4 is 0 Å². The molecular weight excluding hydrogens is 271 g/mol. The van der Waals surface area contributed by atoms with E-state index in [4.69, 9.17) is 4.52 Å². The second-order valence-electron chi connectivity index (χ2n) is 5.98. The van der Waals surface area contributed by atoms with E-state index in [0.29, 0.717) is 24.6 Å². The third-order valence-electron chi connectivity index (χ3n) is 4.10. The van der Waals surface area contributed by atoms with Crippen molar-refractivity contribution in [2.24, 2.45) is 11.8 Å². The van der Waals surface area contributed by atoms with Crippen molar-refractivity contribution in [2.75, 3.05) is 12.8 Å². The zero-order valence-corrected chi connectivity index (χ0v) is 14.9. The molecule has 2 atom stereocenters. The molecule has 0 aromatic carbocycles. The minimum Gasteiger partial charge on any atom is -0.193 e. The van der Waals surface area contributed by atoms with Gasteiger partial charge in [-0.25, -0.2) is 0 Å². The summed E-state index contributed by atoms with van der Waals surface area (Å²) in [6, 6.07) is 0. The average Bonchev–Trinajstić information content (AvgIpc) is 2.43. The van der Waals surface area contributed by atoms with Gasteiger partial charge in [-0.15, -0.1) is 0 Å². The summed E-state index contributed by atoms with van der Waals surface area (Å²) in [4.78, 5) is 20.3. The number of hydrogen-bond acceptors (Lipinski definition) is 3. The van der Waals surface area contributed by atoms with Gasteiger partial charge in [-0.05, 0) is 25.2 Å². The monoisotopic (exact) mass is 307 g/mol. The summed E-state index contributed by atoms with van der Waals surface area (Å²) >= 11 is 0. The average molecular weight is 307 g/mol. The molecule has 3 nitrogen and oxygen atoms in total. The highest BCUT2D eigenvalue weighted by Crippen LogP contribution is 2.54. The zero-order valence-electron chi connectivity index (χ0n) is 14.0. The molecule has 0 aliphatic heterocycles. The predicted octanol–water partition coefficient (Wildman–Crippen LogP) is 5.18. The minimum absolute atomic E-state index is 0.383. The Morgan fingerprint density at radius 1 is 0.850 bits per heavy atom. The Labute approximate surface area is 126 Å². The lowest BCUT2D eigenvalue weighted by Crippen LogP contribution is -2.15. The van der Waals surface area contributed by atoms with Crippen molar-refractivity contribution in [2.45, 2.75) is 79.1 Å². The molecule has 0 spiro atoms. The van der Waals surface area contributed by atoms with E-state index in [1.54, 1.807) is 0 Å². The second kappa shape index (κ2) is 11.9. The molecule has 0 aromatic heterocycles. The van der Waals surface area contributed by atoms with Gasteiger partial charge < -0.3 is 0 Å². The molecule has 0 heterocycles. The van der Waals surface area contributed by atoms with E-state index < -0.39 is 7.94 Å². The van der Waals surface area contributed by atoms with E-state index in [1.165, 1.54) is 12.8 Å². The van der Waals surface area contributed by atoms with Crippen LogP contribution >= 0.6 is 7.94 Å². The predicted molar refractivity (Wildman–Crippen MR) is 88.8 cm³/mol. The number of unbranched alkanes of at least 4 members (excludes halogenated alkanes) is 2. The molecule has 122 valence electrons. The molecule has 0 saturated carbocycles. The SMILES string of the molecule is CCCCC(CC)CO[P+](O)(O)CC(CC)CCCC. The standard InChI is InChI=1S/C16H36O3P/c1-5-9-11-15(7-3)13-19-20(17,18)14-16(8-4)12-10-6-2/h15-18H,5-14H2,1-4H3/q+1. The van der Waals surface area contributed by atoms with Gasteiger partial charge in [0, 0.05) is 5.92 Å². The summed E-state index contributed by atoms with van der Waals surface area (Å²) in [6.07, 6.45) is 9.38. The van der Waals surface area contributed by atoms with Gasteiger partial charge in [0.1, 0.15) is 12.8 Å². The van der Waals surface area contributed by atoms with Crippen molar-refractivity contribution in [3.8, 4) is 0 Å². The molecule has 0 aromatic rings. The fourth-order valence-corrected chi connectivity index (χ4v) is 4.10. The van der Waals surface area contributed by atoms with E-state index in [2.05, 4.69) is 27.7 Å². The molecule has 0 bridgehead atoms. The van der Waals surface area contributed by atoms with Crippen molar-refractivity contribution in [3.05, 3.63) is 0 Å². The third kappa shape index (κ3) is 10.1. The molecule has 0 rings (SSSR count). The first-order valence-electron chi connectivity index (χ1n) is 8.47. The molecule has 0 aliphatic rings. The quantitative estimate of drug-likeness (QED) is 0.461. The van der Waals surface area contributed by atoms with Crippen molar-refractivity contribution in [1.82, 2.24) is 0 Å². The first-order valence-corrected chi connectivity index (χ1v) is 10.3. The Bertz CT molecular complexity index is 222. The van der Waals surface area contributed by atoms with Crippen LogP contribution in [0.4, 0.5) is 0 Å². The molecule has 0 amide bonds. The van der Waals surface area contributed by atoms with E-state index in [9.17, 15) is 9.79 Å². The Hall–Kier alpha value is 0.310. The van der Waals surface area contributed by atoms with Crippen LogP contribution in [0.25, 0.3) is 0 Å². The van der Waals surface area contributed by atoms with Gasteiger partial charge in [-0.1, -0.05) is 59.8 Å². The molecule has 0 radical (unpaired) electrons. The topological polar surface area (TPSA) is 49.7 Å². The lowest BCUT2D eigenvalue weighted by molar-refractivity contribution is 0.178.